The Morgan fingerprint density at radius 3 is 1.44 bits per heavy atom. The average molecular weight is 372 g/mol. The normalized spacial score (nSPS) is 10.7. The maximum atomic E-state index is 6.94. The lowest BCUT2D eigenvalue weighted by Crippen LogP contribution is -1.96. The molecule has 0 spiro atoms. The van der Waals surface area contributed by atoms with Gasteiger partial charge in [-0.15, -0.1) is 0 Å². The van der Waals surface area contributed by atoms with E-state index in [1.54, 1.807) is 0 Å². The van der Waals surface area contributed by atoms with Gasteiger partial charge >= 0.3 is 0 Å². The summed E-state index contributed by atoms with van der Waals surface area (Å²) in [6.45, 7) is 10.0. The molecule has 0 saturated heterocycles. The molecule has 0 amide bonds. The number of hydrogen-bond donors (Lipinski definition) is 0. The van der Waals surface area contributed by atoms with Crippen LogP contribution >= 0.6 is 0 Å². The molecular formula is C25H41NO. The molecule has 0 aliphatic carbocycles. The number of hydrogen-bond acceptors (Lipinski definition) is 1. The topological polar surface area (TPSA) is 13.6 Å². The van der Waals surface area contributed by atoms with Gasteiger partial charge in [0.25, 0.3) is 0 Å². The molecule has 0 atom stereocenters. The van der Waals surface area contributed by atoms with Crippen LogP contribution in [0, 0.1) is 6.57 Å². The molecule has 0 fully saturated rings. The summed E-state index contributed by atoms with van der Waals surface area (Å²) in [5, 5.41) is 0. The number of unbranched alkanes of at least 4 members (excludes halogenated alkanes) is 15. The Balaban J connectivity index is 1.76. The van der Waals surface area contributed by atoms with Crippen LogP contribution in [0.5, 0.6) is 5.75 Å². The second-order valence-corrected chi connectivity index (χ2v) is 7.76. The first-order valence-corrected chi connectivity index (χ1v) is 11.5. The number of ether oxygens (including phenoxy) is 1. The molecule has 0 aromatic heterocycles. The van der Waals surface area contributed by atoms with Gasteiger partial charge in [0.15, 0.2) is 5.69 Å². The molecule has 0 N–H and O–H groups in total. The summed E-state index contributed by atoms with van der Waals surface area (Å²) in [7, 11) is 0. The van der Waals surface area contributed by atoms with Gasteiger partial charge in [-0.2, -0.15) is 0 Å². The van der Waals surface area contributed by atoms with Gasteiger partial charge in [0.1, 0.15) is 5.75 Å². The molecule has 0 saturated carbocycles. The minimum absolute atomic E-state index is 0.671. The van der Waals surface area contributed by atoms with E-state index in [1.165, 1.54) is 96.3 Å². The molecule has 0 aliphatic heterocycles. The summed E-state index contributed by atoms with van der Waals surface area (Å²) in [6.07, 6.45) is 22.3. The second-order valence-electron chi connectivity index (χ2n) is 7.76. The zero-order chi connectivity index (χ0) is 19.4. The highest BCUT2D eigenvalue weighted by molar-refractivity contribution is 5.46. The van der Waals surface area contributed by atoms with Crippen LogP contribution in [-0.2, 0) is 0 Å². The zero-order valence-corrected chi connectivity index (χ0v) is 17.7. The minimum atomic E-state index is 0.671. The Kier molecular flexibility index (Phi) is 15.6. The first-order chi connectivity index (χ1) is 13.4. The largest absolute Gasteiger partial charge is 0.494 e. The van der Waals surface area contributed by atoms with Crippen molar-refractivity contribution in [3.63, 3.8) is 0 Å². The first-order valence-electron chi connectivity index (χ1n) is 11.5. The predicted octanol–water partition coefficient (Wildman–Crippen LogP) is 8.88. The maximum Gasteiger partial charge on any atom is 0.187 e. The zero-order valence-electron chi connectivity index (χ0n) is 17.7. The van der Waals surface area contributed by atoms with Crippen molar-refractivity contribution in [2.45, 2.75) is 110 Å². The van der Waals surface area contributed by atoms with E-state index in [9.17, 15) is 0 Å². The van der Waals surface area contributed by atoms with Gasteiger partial charge in [0.05, 0.1) is 13.2 Å². The number of rotatable bonds is 18. The van der Waals surface area contributed by atoms with Gasteiger partial charge in [-0.25, -0.2) is 4.85 Å². The molecule has 152 valence electrons. The summed E-state index contributed by atoms with van der Waals surface area (Å²) < 4.78 is 5.72. The van der Waals surface area contributed by atoms with Crippen LogP contribution in [0.2, 0.25) is 0 Å². The van der Waals surface area contributed by atoms with Crippen molar-refractivity contribution in [2.75, 3.05) is 6.61 Å². The summed E-state index contributed by atoms with van der Waals surface area (Å²) >= 11 is 0. The molecule has 0 radical (unpaired) electrons. The lowest BCUT2D eigenvalue weighted by molar-refractivity contribution is 0.304. The van der Waals surface area contributed by atoms with Gasteiger partial charge in [0.2, 0.25) is 0 Å². The quantitative estimate of drug-likeness (QED) is 0.185. The van der Waals surface area contributed by atoms with Crippen molar-refractivity contribution < 1.29 is 4.74 Å². The summed E-state index contributed by atoms with van der Waals surface area (Å²) in [4.78, 5) is 3.39. The van der Waals surface area contributed by atoms with Gasteiger partial charge in [0, 0.05) is 0 Å². The van der Waals surface area contributed by atoms with E-state index in [-0.39, 0.29) is 0 Å². The van der Waals surface area contributed by atoms with Gasteiger partial charge in [-0.1, -0.05) is 115 Å². The van der Waals surface area contributed by atoms with Crippen LogP contribution in [0.1, 0.15) is 110 Å². The summed E-state index contributed by atoms with van der Waals surface area (Å²) in [5.74, 6) is 0.878. The SMILES string of the molecule is [C-]#[N+]c1ccc(OCCCCCCCCCCCCCCCCCC)cc1. The van der Waals surface area contributed by atoms with Crippen LogP contribution in [0.3, 0.4) is 0 Å². The molecule has 1 aromatic rings. The molecule has 27 heavy (non-hydrogen) atoms. The van der Waals surface area contributed by atoms with Crippen molar-refractivity contribution in [3.05, 3.63) is 35.7 Å². The van der Waals surface area contributed by atoms with Crippen LogP contribution in [0.25, 0.3) is 4.85 Å². The van der Waals surface area contributed by atoms with Gasteiger partial charge in [-0.3, -0.25) is 0 Å². The lowest BCUT2D eigenvalue weighted by atomic mass is 10.0. The highest BCUT2D eigenvalue weighted by atomic mass is 16.5. The van der Waals surface area contributed by atoms with Crippen molar-refractivity contribution in [1.29, 1.82) is 0 Å². The fourth-order valence-electron chi connectivity index (χ4n) is 3.46. The van der Waals surface area contributed by atoms with Gasteiger partial charge in [-0.05, 0) is 18.6 Å². The number of benzene rings is 1. The molecule has 1 aromatic carbocycles. The van der Waals surface area contributed by atoms with E-state index < -0.39 is 0 Å². The van der Waals surface area contributed by atoms with E-state index in [4.69, 9.17) is 11.3 Å². The van der Waals surface area contributed by atoms with Gasteiger partial charge < -0.3 is 4.74 Å². The van der Waals surface area contributed by atoms with Crippen LogP contribution in [0.4, 0.5) is 5.69 Å². The highest BCUT2D eigenvalue weighted by Crippen LogP contribution is 2.18. The first kappa shape index (κ1) is 23.5. The molecule has 0 unspecified atom stereocenters. The maximum absolute atomic E-state index is 6.94. The molecule has 0 aliphatic rings. The third-order valence-electron chi connectivity index (χ3n) is 5.23. The number of nitrogens with zero attached hydrogens (tertiary/aromatic N) is 1. The van der Waals surface area contributed by atoms with E-state index in [0.717, 1.165) is 18.8 Å². The van der Waals surface area contributed by atoms with Crippen molar-refractivity contribution in [3.8, 4) is 5.75 Å². The van der Waals surface area contributed by atoms with E-state index in [2.05, 4.69) is 11.8 Å². The van der Waals surface area contributed by atoms with Crippen LogP contribution < -0.4 is 4.74 Å². The third kappa shape index (κ3) is 14.3. The fourth-order valence-corrected chi connectivity index (χ4v) is 3.46. The van der Waals surface area contributed by atoms with Crippen LogP contribution in [0.15, 0.2) is 24.3 Å². The Hall–Kier alpha value is -1.49. The van der Waals surface area contributed by atoms with E-state index in [1.807, 2.05) is 24.3 Å². The fraction of sp³-hybridized carbons (Fsp3) is 0.720. The van der Waals surface area contributed by atoms with Crippen LogP contribution in [-0.4, -0.2) is 6.61 Å². The summed E-state index contributed by atoms with van der Waals surface area (Å²) in [5.41, 5.74) is 0.671. The summed E-state index contributed by atoms with van der Waals surface area (Å²) in [6, 6.07) is 7.41. The molecule has 1 rings (SSSR count). The Labute approximate surface area is 168 Å². The molecular weight excluding hydrogens is 330 g/mol. The van der Waals surface area contributed by atoms with Crippen molar-refractivity contribution >= 4 is 5.69 Å². The predicted molar refractivity (Wildman–Crippen MR) is 118 cm³/mol. The van der Waals surface area contributed by atoms with E-state index in [0.29, 0.717) is 5.69 Å². The average Bonchev–Trinajstić information content (AvgIpc) is 2.70. The smallest absolute Gasteiger partial charge is 0.187 e. The Bertz CT molecular complexity index is 474. The van der Waals surface area contributed by atoms with Crippen molar-refractivity contribution in [1.82, 2.24) is 0 Å². The molecule has 0 bridgehead atoms. The lowest BCUT2D eigenvalue weighted by Gasteiger charge is -2.06. The standard InChI is InChI=1S/C25H41NO/c1-3-4-5-6-7-8-9-10-11-12-13-14-15-16-17-18-23-27-25-21-19-24(26-2)20-22-25/h19-22H,3-18,23H2,1H3. The second kappa shape index (κ2) is 17.9. The molecule has 2 nitrogen and oxygen atoms in total. The molecule has 0 heterocycles. The molecule has 2 heteroatoms. The van der Waals surface area contributed by atoms with E-state index >= 15 is 0 Å². The Morgan fingerprint density at radius 2 is 1.04 bits per heavy atom. The monoisotopic (exact) mass is 371 g/mol. The third-order valence-corrected chi connectivity index (χ3v) is 5.23. The Morgan fingerprint density at radius 1 is 0.630 bits per heavy atom. The highest BCUT2D eigenvalue weighted by Gasteiger charge is 1.96. The minimum Gasteiger partial charge on any atom is -0.494 e. The van der Waals surface area contributed by atoms with Crippen molar-refractivity contribution in [2.24, 2.45) is 0 Å².